The van der Waals surface area contributed by atoms with Crippen LogP contribution in [0.3, 0.4) is 0 Å². The maximum atomic E-state index is 11.6. The third-order valence-corrected chi connectivity index (χ3v) is 4.66. The first-order valence-electron chi connectivity index (χ1n) is 5.85. The maximum Gasteiger partial charge on any atom is 0.305 e. The summed E-state index contributed by atoms with van der Waals surface area (Å²) < 4.78 is 23.2. The molecule has 1 aliphatic heterocycles. The second-order valence-corrected chi connectivity index (χ2v) is 6.85. The molecule has 1 aliphatic rings. The van der Waals surface area contributed by atoms with E-state index in [4.69, 9.17) is 5.11 Å². The van der Waals surface area contributed by atoms with Gasteiger partial charge in [-0.2, -0.15) is 0 Å². The van der Waals surface area contributed by atoms with Crippen LogP contribution in [0.2, 0.25) is 0 Å². The van der Waals surface area contributed by atoms with Crippen molar-refractivity contribution >= 4 is 21.8 Å². The van der Waals surface area contributed by atoms with Crippen molar-refractivity contribution < 1.29 is 18.3 Å². The third-order valence-electron chi connectivity index (χ3n) is 2.96. The number of carboxylic acids is 1. The van der Waals surface area contributed by atoms with Crippen molar-refractivity contribution in [1.82, 2.24) is 9.97 Å². The van der Waals surface area contributed by atoms with Gasteiger partial charge in [0.2, 0.25) is 5.95 Å². The monoisotopic (exact) mass is 285 g/mol. The summed E-state index contributed by atoms with van der Waals surface area (Å²) in [5.41, 5.74) is 0.892. The summed E-state index contributed by atoms with van der Waals surface area (Å²) in [6.07, 6.45) is 3.02. The SMILES string of the molecule is Cc1cnc(N2CCS(=O)(=O)CC2CC(=O)O)nc1. The fourth-order valence-electron chi connectivity index (χ4n) is 2.05. The van der Waals surface area contributed by atoms with Gasteiger partial charge in [0.25, 0.3) is 0 Å². The van der Waals surface area contributed by atoms with Crippen molar-refractivity contribution in [3.05, 3.63) is 18.0 Å². The number of hydrogen-bond acceptors (Lipinski definition) is 6. The highest BCUT2D eigenvalue weighted by atomic mass is 32.2. The van der Waals surface area contributed by atoms with Gasteiger partial charge in [0.1, 0.15) is 0 Å². The van der Waals surface area contributed by atoms with E-state index >= 15 is 0 Å². The van der Waals surface area contributed by atoms with Gasteiger partial charge in [-0.3, -0.25) is 4.79 Å². The first-order chi connectivity index (χ1) is 8.87. The minimum Gasteiger partial charge on any atom is -0.481 e. The summed E-state index contributed by atoms with van der Waals surface area (Å²) in [4.78, 5) is 20.8. The topological polar surface area (TPSA) is 100 Å². The molecule has 1 unspecified atom stereocenters. The van der Waals surface area contributed by atoms with Crippen LogP contribution in [0.15, 0.2) is 12.4 Å². The van der Waals surface area contributed by atoms with Crippen LogP contribution in [0.1, 0.15) is 12.0 Å². The predicted molar refractivity (Wildman–Crippen MR) is 68.8 cm³/mol. The Balaban J connectivity index is 2.26. The molecule has 1 aromatic rings. The second kappa shape index (κ2) is 5.12. The summed E-state index contributed by atoms with van der Waals surface area (Å²) in [5, 5.41) is 8.88. The van der Waals surface area contributed by atoms with Crippen LogP contribution in [0, 0.1) is 6.92 Å². The molecule has 104 valence electrons. The van der Waals surface area contributed by atoms with Crippen LogP contribution in [-0.4, -0.2) is 53.6 Å². The van der Waals surface area contributed by atoms with Gasteiger partial charge in [0.15, 0.2) is 9.84 Å². The van der Waals surface area contributed by atoms with Crippen LogP contribution in [0.4, 0.5) is 5.95 Å². The molecule has 1 fully saturated rings. The Bertz CT molecular complexity index is 570. The van der Waals surface area contributed by atoms with Gasteiger partial charge < -0.3 is 10.0 Å². The van der Waals surface area contributed by atoms with Gasteiger partial charge >= 0.3 is 5.97 Å². The summed E-state index contributed by atoms with van der Waals surface area (Å²) in [6.45, 7) is 2.07. The second-order valence-electron chi connectivity index (χ2n) is 4.62. The van der Waals surface area contributed by atoms with Gasteiger partial charge in [-0.05, 0) is 12.5 Å². The Hall–Kier alpha value is -1.70. The highest BCUT2D eigenvalue weighted by molar-refractivity contribution is 7.91. The number of hydrogen-bond donors (Lipinski definition) is 1. The molecule has 0 amide bonds. The highest BCUT2D eigenvalue weighted by Crippen LogP contribution is 2.20. The lowest BCUT2D eigenvalue weighted by atomic mass is 10.2. The van der Waals surface area contributed by atoms with E-state index in [0.717, 1.165) is 5.56 Å². The molecule has 1 atom stereocenters. The Morgan fingerprint density at radius 3 is 2.68 bits per heavy atom. The highest BCUT2D eigenvalue weighted by Gasteiger charge is 2.33. The first kappa shape index (κ1) is 13.7. The van der Waals surface area contributed by atoms with E-state index in [-0.39, 0.29) is 24.5 Å². The molecule has 2 rings (SSSR count). The summed E-state index contributed by atoms with van der Waals surface area (Å²) >= 11 is 0. The van der Waals surface area contributed by atoms with Crippen molar-refractivity contribution in [3.63, 3.8) is 0 Å². The Kier molecular flexibility index (Phi) is 3.70. The Morgan fingerprint density at radius 1 is 1.47 bits per heavy atom. The zero-order valence-electron chi connectivity index (χ0n) is 10.5. The van der Waals surface area contributed by atoms with Crippen LogP contribution >= 0.6 is 0 Å². The molecular weight excluding hydrogens is 270 g/mol. The van der Waals surface area contributed by atoms with Crippen LogP contribution in [0.25, 0.3) is 0 Å². The van der Waals surface area contributed by atoms with E-state index in [9.17, 15) is 13.2 Å². The van der Waals surface area contributed by atoms with Crippen LogP contribution in [-0.2, 0) is 14.6 Å². The number of rotatable bonds is 3. The molecule has 1 saturated heterocycles. The summed E-state index contributed by atoms with van der Waals surface area (Å²) in [6, 6.07) is -0.612. The molecule has 0 spiro atoms. The molecular formula is C11H15N3O4S. The molecule has 0 radical (unpaired) electrons. The molecule has 19 heavy (non-hydrogen) atoms. The lowest BCUT2D eigenvalue weighted by Gasteiger charge is -2.34. The van der Waals surface area contributed by atoms with Crippen molar-refractivity contribution in [2.75, 3.05) is 23.0 Å². The number of aryl methyl sites for hydroxylation is 1. The van der Waals surface area contributed by atoms with E-state index in [1.165, 1.54) is 0 Å². The fourth-order valence-corrected chi connectivity index (χ4v) is 3.58. The van der Waals surface area contributed by atoms with E-state index in [0.29, 0.717) is 5.95 Å². The molecule has 0 aliphatic carbocycles. The molecule has 8 heteroatoms. The number of carbonyl (C=O) groups is 1. The minimum absolute atomic E-state index is 0.000353. The van der Waals surface area contributed by atoms with Gasteiger partial charge in [0, 0.05) is 18.9 Å². The third kappa shape index (κ3) is 3.40. The van der Waals surface area contributed by atoms with Gasteiger partial charge in [-0.25, -0.2) is 18.4 Å². The van der Waals surface area contributed by atoms with E-state index < -0.39 is 21.8 Å². The zero-order chi connectivity index (χ0) is 14.0. The minimum atomic E-state index is -3.19. The van der Waals surface area contributed by atoms with Gasteiger partial charge in [0.05, 0.1) is 24.0 Å². The van der Waals surface area contributed by atoms with Crippen molar-refractivity contribution in [2.45, 2.75) is 19.4 Å². The van der Waals surface area contributed by atoms with Crippen molar-refractivity contribution in [1.29, 1.82) is 0 Å². The van der Waals surface area contributed by atoms with Gasteiger partial charge in [-0.15, -0.1) is 0 Å². The average Bonchev–Trinajstić information content (AvgIpc) is 2.29. The number of aliphatic carboxylic acids is 1. The normalized spacial score (nSPS) is 22.2. The standard InChI is InChI=1S/C11H15N3O4S/c1-8-5-12-11(13-6-8)14-2-3-19(17,18)7-9(14)4-10(15)16/h5-6,9H,2-4,7H2,1H3,(H,15,16). The predicted octanol–water partition coefficient (Wildman–Crippen LogP) is -0.137. The fraction of sp³-hybridized carbons (Fsp3) is 0.545. The average molecular weight is 285 g/mol. The molecule has 2 heterocycles. The Labute approximate surface area is 111 Å². The number of sulfone groups is 1. The van der Waals surface area contributed by atoms with Gasteiger partial charge in [-0.1, -0.05) is 0 Å². The zero-order valence-corrected chi connectivity index (χ0v) is 11.3. The molecule has 0 bridgehead atoms. The van der Waals surface area contributed by atoms with Crippen molar-refractivity contribution in [2.24, 2.45) is 0 Å². The lowest BCUT2D eigenvalue weighted by molar-refractivity contribution is -0.137. The quantitative estimate of drug-likeness (QED) is 0.825. The Morgan fingerprint density at radius 2 is 2.11 bits per heavy atom. The van der Waals surface area contributed by atoms with E-state index in [2.05, 4.69) is 9.97 Å². The molecule has 1 N–H and O–H groups in total. The lowest BCUT2D eigenvalue weighted by Crippen LogP contribution is -2.50. The van der Waals surface area contributed by atoms with E-state index in [1.54, 1.807) is 17.3 Å². The number of aromatic nitrogens is 2. The van der Waals surface area contributed by atoms with Crippen LogP contribution in [0.5, 0.6) is 0 Å². The summed E-state index contributed by atoms with van der Waals surface area (Å²) in [5.74, 6) is -0.817. The largest absolute Gasteiger partial charge is 0.481 e. The maximum absolute atomic E-state index is 11.6. The number of anilines is 1. The smallest absolute Gasteiger partial charge is 0.305 e. The molecule has 0 saturated carbocycles. The number of nitrogens with zero attached hydrogens (tertiary/aromatic N) is 3. The van der Waals surface area contributed by atoms with Crippen LogP contribution < -0.4 is 4.90 Å². The number of carboxylic acid groups (broad SMARTS) is 1. The van der Waals surface area contributed by atoms with Crippen molar-refractivity contribution in [3.8, 4) is 0 Å². The summed E-state index contributed by atoms with van der Waals surface area (Å²) in [7, 11) is -3.19. The van der Waals surface area contributed by atoms with E-state index in [1.807, 2.05) is 6.92 Å². The first-order valence-corrected chi connectivity index (χ1v) is 7.67. The molecule has 0 aromatic carbocycles. The molecule has 1 aromatic heterocycles. The molecule has 7 nitrogen and oxygen atoms in total.